The number of amides is 1. The van der Waals surface area contributed by atoms with Crippen molar-refractivity contribution >= 4 is 43.6 Å². The van der Waals surface area contributed by atoms with Crippen molar-refractivity contribution in [2.24, 2.45) is 0 Å². The van der Waals surface area contributed by atoms with Gasteiger partial charge in [0.15, 0.2) is 0 Å². The van der Waals surface area contributed by atoms with Crippen molar-refractivity contribution in [3.05, 3.63) is 59.9 Å². The van der Waals surface area contributed by atoms with Gasteiger partial charge in [-0.1, -0.05) is 0 Å². The Kier molecular flexibility index (Phi) is 5.23. The van der Waals surface area contributed by atoms with E-state index in [0.29, 0.717) is 5.56 Å². The molecule has 0 saturated heterocycles. The van der Waals surface area contributed by atoms with Gasteiger partial charge in [-0.15, -0.1) is 0 Å². The van der Waals surface area contributed by atoms with Crippen LogP contribution in [0, 0.1) is 5.82 Å². The zero-order chi connectivity index (χ0) is 14.5. The van der Waals surface area contributed by atoms with Gasteiger partial charge in [0.05, 0.1) is 0 Å². The maximum absolute atomic E-state index is 13.6. The Morgan fingerprint density at radius 3 is 2.55 bits per heavy atom. The number of benzene rings is 2. The van der Waals surface area contributed by atoms with E-state index in [9.17, 15) is 9.18 Å². The Hall–Kier alpha value is -1.29. The molecule has 2 rings (SSSR count). The van der Waals surface area contributed by atoms with Crippen LogP contribution in [0.2, 0.25) is 0 Å². The summed E-state index contributed by atoms with van der Waals surface area (Å²) in [7, 11) is 0. The van der Waals surface area contributed by atoms with Gasteiger partial charge >= 0.3 is 129 Å². The third-order valence-electron chi connectivity index (χ3n) is 2.55. The fraction of sp³-hybridized carbons (Fsp3) is 0.133. The van der Waals surface area contributed by atoms with Gasteiger partial charge in [0.1, 0.15) is 0 Å². The normalized spacial score (nSPS) is 11.9. The van der Waals surface area contributed by atoms with Crippen molar-refractivity contribution < 1.29 is 9.18 Å². The second-order valence-corrected chi connectivity index (χ2v) is 8.61. The Labute approximate surface area is 129 Å². The molecule has 1 amide bonds. The van der Waals surface area contributed by atoms with Crippen molar-refractivity contribution in [2.45, 2.75) is 11.1 Å². The molecule has 0 aliphatic rings. The quantitative estimate of drug-likeness (QED) is 0.642. The summed E-state index contributed by atoms with van der Waals surface area (Å²) in [6.07, 6.45) is 0. The summed E-state index contributed by atoms with van der Waals surface area (Å²) in [5, 5.41) is 2.61. The topological polar surface area (TPSA) is 29.1 Å². The number of para-hydroxylation sites is 1. The van der Waals surface area contributed by atoms with Gasteiger partial charge in [-0.05, 0) is 0 Å². The van der Waals surface area contributed by atoms with Crippen molar-refractivity contribution in [1.82, 2.24) is 0 Å². The first-order valence-electron chi connectivity index (χ1n) is 6.07. The molecule has 2 aromatic carbocycles. The second kappa shape index (κ2) is 6.93. The summed E-state index contributed by atoms with van der Waals surface area (Å²) in [6.45, 7) is 1.99. The molecule has 1 atom stereocenters. The van der Waals surface area contributed by atoms with E-state index in [1.165, 1.54) is 6.07 Å². The molecule has 5 heteroatoms. The SMILES string of the molecule is CC(S)[Se]c1ccccc1C(=O)Nc1ccccc1F. The van der Waals surface area contributed by atoms with Gasteiger partial charge in [-0.2, -0.15) is 0 Å². The number of anilines is 1. The number of carbonyl (C=O) groups excluding carboxylic acids is 1. The van der Waals surface area contributed by atoms with Gasteiger partial charge < -0.3 is 0 Å². The van der Waals surface area contributed by atoms with Crippen LogP contribution in [0.5, 0.6) is 0 Å². The maximum atomic E-state index is 13.6. The van der Waals surface area contributed by atoms with Crippen LogP contribution in [-0.2, 0) is 0 Å². The number of carbonyl (C=O) groups is 1. The molecule has 20 heavy (non-hydrogen) atoms. The third kappa shape index (κ3) is 3.85. The van der Waals surface area contributed by atoms with E-state index < -0.39 is 5.82 Å². The molecular formula is C15H14FNOSSe. The molecule has 0 bridgehead atoms. The fourth-order valence-electron chi connectivity index (χ4n) is 1.69. The number of hydrogen-bond donors (Lipinski definition) is 2. The number of hydrogen-bond acceptors (Lipinski definition) is 2. The predicted octanol–water partition coefficient (Wildman–Crippen LogP) is 2.68. The van der Waals surface area contributed by atoms with Crippen LogP contribution in [0.15, 0.2) is 48.5 Å². The van der Waals surface area contributed by atoms with E-state index >= 15 is 0 Å². The Bertz CT molecular complexity index is 618. The average molecular weight is 354 g/mol. The summed E-state index contributed by atoms with van der Waals surface area (Å²) in [6, 6.07) is 13.5. The van der Waals surface area contributed by atoms with Gasteiger partial charge in [-0.25, -0.2) is 0 Å². The monoisotopic (exact) mass is 355 g/mol. The van der Waals surface area contributed by atoms with E-state index in [-0.39, 0.29) is 30.7 Å². The summed E-state index contributed by atoms with van der Waals surface area (Å²) < 4.78 is 14.7. The third-order valence-corrected chi connectivity index (χ3v) is 5.09. The molecule has 0 heterocycles. The standard InChI is InChI=1S/C15H14FNOSSe/c1-10(19)20-14-9-5-2-6-11(14)15(18)17-13-8-4-3-7-12(13)16/h2-10,19H,1H3,(H,17,18). The van der Waals surface area contributed by atoms with E-state index in [1.54, 1.807) is 30.3 Å². The molecule has 1 N–H and O–H groups in total. The van der Waals surface area contributed by atoms with E-state index in [4.69, 9.17) is 0 Å². The van der Waals surface area contributed by atoms with Gasteiger partial charge in [0.2, 0.25) is 0 Å². The molecule has 2 nitrogen and oxygen atoms in total. The molecule has 0 aliphatic carbocycles. The Balaban J connectivity index is 2.23. The van der Waals surface area contributed by atoms with Gasteiger partial charge in [0, 0.05) is 0 Å². The molecular weight excluding hydrogens is 340 g/mol. The molecule has 2 aromatic rings. The van der Waals surface area contributed by atoms with E-state index in [0.717, 1.165) is 4.46 Å². The Morgan fingerprint density at radius 2 is 1.85 bits per heavy atom. The zero-order valence-corrected chi connectivity index (χ0v) is 13.4. The van der Waals surface area contributed by atoms with Gasteiger partial charge in [0.25, 0.3) is 0 Å². The summed E-state index contributed by atoms with van der Waals surface area (Å²) in [5.41, 5.74) is 0.773. The molecule has 1 unspecified atom stereocenters. The average Bonchev–Trinajstić information content (AvgIpc) is 2.41. The van der Waals surface area contributed by atoms with E-state index in [1.807, 2.05) is 19.1 Å². The summed E-state index contributed by atoms with van der Waals surface area (Å²) in [5.74, 6) is -0.729. The molecule has 0 radical (unpaired) electrons. The first-order chi connectivity index (χ1) is 9.58. The minimum absolute atomic E-state index is 0.0896. The first kappa shape index (κ1) is 15.1. The molecule has 0 aromatic heterocycles. The van der Waals surface area contributed by atoms with Crippen LogP contribution in [0.1, 0.15) is 17.3 Å². The molecule has 0 fully saturated rings. The van der Waals surface area contributed by atoms with E-state index in [2.05, 4.69) is 17.9 Å². The molecule has 104 valence electrons. The Morgan fingerprint density at radius 1 is 1.20 bits per heavy atom. The molecule has 0 aliphatic heterocycles. The van der Waals surface area contributed by atoms with Crippen molar-refractivity contribution in [1.29, 1.82) is 0 Å². The van der Waals surface area contributed by atoms with Crippen LogP contribution < -0.4 is 9.78 Å². The molecule has 0 spiro atoms. The van der Waals surface area contributed by atoms with Crippen molar-refractivity contribution in [3.8, 4) is 0 Å². The van der Waals surface area contributed by atoms with Gasteiger partial charge in [-0.3, -0.25) is 0 Å². The minimum atomic E-state index is -0.439. The van der Waals surface area contributed by atoms with Crippen LogP contribution >= 0.6 is 12.6 Å². The number of rotatable bonds is 4. The number of thiol groups is 1. The number of halogens is 1. The summed E-state index contributed by atoms with van der Waals surface area (Å²) in [4.78, 5) is 12.3. The molecule has 0 saturated carbocycles. The van der Waals surface area contributed by atoms with Crippen LogP contribution in [0.3, 0.4) is 0 Å². The predicted molar refractivity (Wildman–Crippen MR) is 84.6 cm³/mol. The van der Waals surface area contributed by atoms with Crippen LogP contribution in [-0.4, -0.2) is 25.0 Å². The summed E-state index contributed by atoms with van der Waals surface area (Å²) >= 11 is 4.47. The first-order valence-corrected chi connectivity index (χ1v) is 8.44. The van der Waals surface area contributed by atoms with Crippen molar-refractivity contribution in [3.63, 3.8) is 0 Å². The van der Waals surface area contributed by atoms with Crippen molar-refractivity contribution in [2.75, 3.05) is 5.32 Å². The fourth-order valence-corrected chi connectivity index (χ4v) is 3.99. The number of nitrogens with one attached hydrogen (secondary N) is 1. The van der Waals surface area contributed by atoms with Crippen LogP contribution in [0.4, 0.5) is 10.1 Å². The second-order valence-electron chi connectivity index (χ2n) is 4.15. The van der Waals surface area contributed by atoms with Crippen LogP contribution in [0.25, 0.3) is 0 Å². The zero-order valence-electron chi connectivity index (χ0n) is 10.8.